The van der Waals surface area contributed by atoms with Crippen LogP contribution in [-0.2, 0) is 12.7 Å². The molecule has 5 nitrogen and oxygen atoms in total. The van der Waals surface area contributed by atoms with Crippen molar-refractivity contribution in [1.29, 1.82) is 0 Å². The molecule has 1 amide bonds. The van der Waals surface area contributed by atoms with Gasteiger partial charge in [0.25, 0.3) is 5.91 Å². The second-order valence-electron chi connectivity index (χ2n) is 6.54. The first-order valence-electron chi connectivity index (χ1n) is 8.41. The third kappa shape index (κ3) is 4.33. The van der Waals surface area contributed by atoms with E-state index in [2.05, 4.69) is 5.32 Å². The number of aromatic nitrogens is 1. The lowest BCUT2D eigenvalue weighted by molar-refractivity contribution is -0.137. The van der Waals surface area contributed by atoms with Crippen LogP contribution in [0.5, 0.6) is 0 Å². The summed E-state index contributed by atoms with van der Waals surface area (Å²) in [6.45, 7) is 1.44. The minimum Gasteiger partial charge on any atom is -0.463 e. The van der Waals surface area contributed by atoms with Gasteiger partial charge in [0.05, 0.1) is 17.3 Å². The molecule has 0 saturated carbocycles. The monoisotopic (exact) mass is 379 g/mol. The summed E-state index contributed by atoms with van der Waals surface area (Å²) in [6, 6.07) is 8.30. The second-order valence-corrected chi connectivity index (χ2v) is 6.54. The highest BCUT2D eigenvalue weighted by Gasteiger charge is 2.30. The number of likely N-dealkylation sites (N-methyl/N-ethyl adjacent to an activating group) is 1. The molecule has 0 radical (unpaired) electrons. The molecule has 0 aliphatic rings. The molecular weight excluding hydrogens is 359 g/mol. The van der Waals surface area contributed by atoms with Gasteiger partial charge in [-0.1, -0.05) is 12.1 Å². The van der Waals surface area contributed by atoms with Crippen molar-refractivity contribution in [3.63, 3.8) is 0 Å². The number of fused-ring (bicyclic) bond motifs is 1. The van der Waals surface area contributed by atoms with Crippen molar-refractivity contribution in [1.82, 2.24) is 14.8 Å². The fourth-order valence-electron chi connectivity index (χ4n) is 2.80. The Labute approximate surface area is 154 Å². The van der Waals surface area contributed by atoms with Gasteiger partial charge < -0.3 is 19.2 Å². The molecule has 1 aromatic carbocycles. The number of rotatable bonds is 6. The first kappa shape index (κ1) is 19.0. The van der Waals surface area contributed by atoms with Crippen LogP contribution in [0, 0.1) is 0 Å². The number of alkyl halides is 3. The number of carbonyl (C=O) groups excluding carboxylic acids is 1. The molecule has 2 aromatic heterocycles. The molecule has 0 saturated heterocycles. The highest BCUT2D eigenvalue weighted by Crippen LogP contribution is 2.29. The molecule has 27 heavy (non-hydrogen) atoms. The standard InChI is InChI=1S/C19H20F3N3O2/c1-24(2)9-8-23-18(26)16-11-17-15(7-10-27-17)25(16)12-13-3-5-14(6-4-13)19(20,21)22/h3-7,10-11H,8-9,12H2,1-2H3,(H,23,26). The summed E-state index contributed by atoms with van der Waals surface area (Å²) < 4.78 is 45.3. The van der Waals surface area contributed by atoms with Gasteiger partial charge in [0, 0.05) is 31.8 Å². The van der Waals surface area contributed by atoms with Crippen LogP contribution in [0.4, 0.5) is 13.2 Å². The normalized spacial score (nSPS) is 12.1. The minimum absolute atomic E-state index is 0.254. The van der Waals surface area contributed by atoms with E-state index in [4.69, 9.17) is 4.42 Å². The van der Waals surface area contributed by atoms with Gasteiger partial charge in [-0.25, -0.2) is 0 Å². The molecule has 0 aliphatic carbocycles. The van der Waals surface area contributed by atoms with E-state index >= 15 is 0 Å². The highest BCUT2D eigenvalue weighted by atomic mass is 19.4. The van der Waals surface area contributed by atoms with E-state index in [-0.39, 0.29) is 12.5 Å². The minimum atomic E-state index is -4.37. The van der Waals surface area contributed by atoms with Crippen LogP contribution in [0.15, 0.2) is 47.1 Å². The zero-order chi connectivity index (χ0) is 19.6. The van der Waals surface area contributed by atoms with Crippen molar-refractivity contribution in [2.75, 3.05) is 27.2 Å². The molecule has 1 N–H and O–H groups in total. The van der Waals surface area contributed by atoms with Crippen molar-refractivity contribution in [2.45, 2.75) is 12.7 Å². The maximum absolute atomic E-state index is 12.7. The average Bonchev–Trinajstić information content (AvgIpc) is 3.17. The molecule has 2 heterocycles. The van der Waals surface area contributed by atoms with Crippen LogP contribution in [-0.4, -0.2) is 42.6 Å². The summed E-state index contributed by atoms with van der Waals surface area (Å²) >= 11 is 0. The third-order valence-corrected chi connectivity index (χ3v) is 4.22. The van der Waals surface area contributed by atoms with Crippen molar-refractivity contribution < 1.29 is 22.4 Å². The molecule has 144 valence electrons. The van der Waals surface area contributed by atoms with E-state index < -0.39 is 11.7 Å². The first-order chi connectivity index (χ1) is 12.8. The summed E-state index contributed by atoms with van der Waals surface area (Å²) in [6.07, 6.45) is -2.86. The van der Waals surface area contributed by atoms with Crippen LogP contribution >= 0.6 is 0 Å². The Morgan fingerprint density at radius 1 is 1.19 bits per heavy atom. The van der Waals surface area contributed by atoms with E-state index in [0.717, 1.165) is 12.1 Å². The third-order valence-electron chi connectivity index (χ3n) is 4.22. The fourth-order valence-corrected chi connectivity index (χ4v) is 2.80. The molecule has 3 rings (SSSR count). The van der Waals surface area contributed by atoms with Gasteiger partial charge in [0.1, 0.15) is 5.69 Å². The Balaban J connectivity index is 1.84. The average molecular weight is 379 g/mol. The summed E-state index contributed by atoms with van der Waals surface area (Å²) in [5.41, 5.74) is 1.63. The molecule has 0 aliphatic heterocycles. The van der Waals surface area contributed by atoms with Crippen molar-refractivity contribution >= 4 is 17.0 Å². The summed E-state index contributed by atoms with van der Waals surface area (Å²) in [7, 11) is 3.82. The van der Waals surface area contributed by atoms with Crippen LogP contribution in [0.25, 0.3) is 11.1 Å². The number of hydrogen-bond donors (Lipinski definition) is 1. The predicted molar refractivity (Wildman–Crippen MR) is 95.6 cm³/mol. The van der Waals surface area contributed by atoms with Crippen molar-refractivity contribution in [3.8, 4) is 0 Å². The number of benzene rings is 1. The number of carbonyl (C=O) groups is 1. The van der Waals surface area contributed by atoms with Crippen molar-refractivity contribution in [3.05, 3.63) is 59.5 Å². The zero-order valence-electron chi connectivity index (χ0n) is 15.0. The Bertz CT molecular complexity index is 924. The maximum atomic E-state index is 12.7. The molecular formula is C19H20F3N3O2. The number of amides is 1. The SMILES string of the molecule is CN(C)CCNC(=O)c1cc2occc2n1Cc1ccc(C(F)(F)F)cc1. The first-order valence-corrected chi connectivity index (χ1v) is 8.41. The van der Waals surface area contributed by atoms with Crippen molar-refractivity contribution in [2.24, 2.45) is 0 Å². The molecule has 0 spiro atoms. The number of furan rings is 1. The smallest absolute Gasteiger partial charge is 0.416 e. The van der Waals surface area contributed by atoms with Crippen LogP contribution in [0.2, 0.25) is 0 Å². The molecule has 8 heteroatoms. The lowest BCUT2D eigenvalue weighted by atomic mass is 10.1. The Morgan fingerprint density at radius 2 is 1.89 bits per heavy atom. The van der Waals surface area contributed by atoms with Gasteiger partial charge in [-0.15, -0.1) is 0 Å². The molecule has 0 fully saturated rings. The largest absolute Gasteiger partial charge is 0.463 e. The summed E-state index contributed by atoms with van der Waals surface area (Å²) in [5, 5.41) is 2.84. The van der Waals surface area contributed by atoms with Gasteiger partial charge >= 0.3 is 6.18 Å². The van der Waals surface area contributed by atoms with Gasteiger partial charge in [-0.3, -0.25) is 4.79 Å². The highest BCUT2D eigenvalue weighted by molar-refractivity contribution is 5.97. The fraction of sp³-hybridized carbons (Fsp3) is 0.316. The van der Waals surface area contributed by atoms with E-state index in [0.29, 0.717) is 35.4 Å². The van der Waals surface area contributed by atoms with Gasteiger partial charge in [-0.05, 0) is 31.8 Å². The van der Waals surface area contributed by atoms with Gasteiger partial charge in [0.2, 0.25) is 0 Å². The zero-order valence-corrected chi connectivity index (χ0v) is 15.0. The summed E-state index contributed by atoms with van der Waals surface area (Å²) in [5.74, 6) is -0.254. The number of halogens is 3. The topological polar surface area (TPSA) is 50.4 Å². The van der Waals surface area contributed by atoms with E-state index in [1.807, 2.05) is 19.0 Å². The van der Waals surface area contributed by atoms with E-state index in [1.165, 1.54) is 18.4 Å². The Kier molecular flexibility index (Phi) is 5.27. The number of nitrogens with zero attached hydrogens (tertiary/aromatic N) is 2. The van der Waals surface area contributed by atoms with Crippen LogP contribution in [0.1, 0.15) is 21.6 Å². The lowest BCUT2D eigenvalue weighted by Crippen LogP contribution is -2.32. The van der Waals surface area contributed by atoms with E-state index in [1.54, 1.807) is 16.7 Å². The molecule has 0 unspecified atom stereocenters. The van der Waals surface area contributed by atoms with Gasteiger partial charge in [0.15, 0.2) is 5.58 Å². The second kappa shape index (κ2) is 7.48. The Morgan fingerprint density at radius 3 is 2.52 bits per heavy atom. The van der Waals surface area contributed by atoms with Gasteiger partial charge in [-0.2, -0.15) is 13.2 Å². The number of hydrogen-bond acceptors (Lipinski definition) is 3. The maximum Gasteiger partial charge on any atom is 0.416 e. The number of nitrogens with one attached hydrogen (secondary N) is 1. The molecule has 0 bridgehead atoms. The summed E-state index contributed by atoms with van der Waals surface area (Å²) in [4.78, 5) is 14.5. The predicted octanol–water partition coefficient (Wildman–Crippen LogP) is 3.59. The van der Waals surface area contributed by atoms with Crippen LogP contribution < -0.4 is 5.32 Å². The Hall–Kier alpha value is -2.74. The van der Waals surface area contributed by atoms with Crippen LogP contribution in [0.3, 0.4) is 0 Å². The van der Waals surface area contributed by atoms with E-state index in [9.17, 15) is 18.0 Å². The quantitative estimate of drug-likeness (QED) is 0.712. The molecule has 0 atom stereocenters. The lowest BCUT2D eigenvalue weighted by Gasteiger charge is -2.13. The molecule has 3 aromatic rings.